The zero-order valence-electron chi connectivity index (χ0n) is 18.6. The zero-order valence-corrected chi connectivity index (χ0v) is 18.6. The predicted molar refractivity (Wildman–Crippen MR) is 118 cm³/mol. The monoisotopic (exact) mass is 426 g/mol. The summed E-state index contributed by atoms with van der Waals surface area (Å²) in [6.45, 7) is 6.75. The molecule has 1 spiro atoms. The van der Waals surface area contributed by atoms with Gasteiger partial charge < -0.3 is 10.2 Å². The number of hydrogen-bond donors (Lipinski definition) is 1. The SMILES string of the molecule is Cc1ccccc1CN1CCCN(C(=O)CCCN2C(=O)NC3(CCCC3)C2=O)CC1. The first-order chi connectivity index (χ1) is 15.0. The molecule has 1 saturated carbocycles. The Morgan fingerprint density at radius 3 is 2.58 bits per heavy atom. The number of nitrogens with one attached hydrogen (secondary N) is 1. The van der Waals surface area contributed by atoms with Crippen molar-refractivity contribution in [1.82, 2.24) is 20.0 Å². The Bertz CT molecular complexity index is 834. The van der Waals surface area contributed by atoms with Gasteiger partial charge in [-0.3, -0.25) is 19.4 Å². The van der Waals surface area contributed by atoms with Gasteiger partial charge in [-0.25, -0.2) is 4.79 Å². The largest absolute Gasteiger partial charge is 0.341 e. The fourth-order valence-corrected chi connectivity index (χ4v) is 5.15. The standard InChI is InChI=1S/C24H34N4O3/c1-19-8-2-3-9-20(19)18-26-13-7-14-27(17-16-26)21(29)10-6-15-28-22(30)24(25-23(28)31)11-4-5-12-24/h2-3,8-9H,4-7,10-18H2,1H3,(H,25,31). The van der Waals surface area contributed by atoms with Crippen LogP contribution in [-0.4, -0.2) is 70.8 Å². The molecule has 0 aromatic heterocycles. The van der Waals surface area contributed by atoms with Gasteiger partial charge in [-0.2, -0.15) is 0 Å². The maximum atomic E-state index is 12.8. The second-order valence-electron chi connectivity index (χ2n) is 9.22. The molecule has 3 aliphatic rings. The molecular formula is C24H34N4O3. The number of hydrogen-bond acceptors (Lipinski definition) is 4. The van der Waals surface area contributed by atoms with Crippen LogP contribution in [0.25, 0.3) is 0 Å². The van der Waals surface area contributed by atoms with Gasteiger partial charge >= 0.3 is 6.03 Å². The number of imide groups is 1. The van der Waals surface area contributed by atoms with E-state index in [1.165, 1.54) is 16.0 Å². The van der Waals surface area contributed by atoms with Crippen LogP contribution in [-0.2, 0) is 16.1 Å². The molecular weight excluding hydrogens is 392 g/mol. The molecule has 4 amide bonds. The van der Waals surface area contributed by atoms with Crippen molar-refractivity contribution in [2.75, 3.05) is 32.7 Å². The molecule has 2 heterocycles. The van der Waals surface area contributed by atoms with Crippen LogP contribution in [0.4, 0.5) is 4.79 Å². The molecule has 4 rings (SSSR count). The highest BCUT2D eigenvalue weighted by Gasteiger charge is 2.52. The second kappa shape index (κ2) is 9.39. The molecule has 3 fully saturated rings. The molecule has 2 aliphatic heterocycles. The molecule has 168 valence electrons. The van der Waals surface area contributed by atoms with Gasteiger partial charge in [-0.05, 0) is 43.7 Å². The molecule has 0 bridgehead atoms. The Balaban J connectivity index is 1.23. The van der Waals surface area contributed by atoms with Gasteiger partial charge in [0.25, 0.3) is 5.91 Å². The van der Waals surface area contributed by atoms with E-state index in [0.717, 1.165) is 64.8 Å². The number of nitrogens with zero attached hydrogens (tertiary/aromatic N) is 3. The highest BCUT2D eigenvalue weighted by Crippen LogP contribution is 2.35. The quantitative estimate of drug-likeness (QED) is 0.710. The van der Waals surface area contributed by atoms with Crippen molar-refractivity contribution < 1.29 is 14.4 Å². The molecule has 7 heteroatoms. The van der Waals surface area contributed by atoms with Gasteiger partial charge in [0, 0.05) is 45.7 Å². The molecule has 1 aliphatic carbocycles. The van der Waals surface area contributed by atoms with Crippen LogP contribution in [0.3, 0.4) is 0 Å². The third kappa shape index (κ3) is 4.76. The van der Waals surface area contributed by atoms with Crippen molar-refractivity contribution in [3.05, 3.63) is 35.4 Å². The van der Waals surface area contributed by atoms with E-state index >= 15 is 0 Å². The first kappa shape index (κ1) is 21.8. The van der Waals surface area contributed by atoms with Crippen molar-refractivity contribution in [2.45, 2.75) is 64.0 Å². The molecule has 2 saturated heterocycles. The molecule has 1 N–H and O–H groups in total. The summed E-state index contributed by atoms with van der Waals surface area (Å²) in [5, 5.41) is 2.90. The molecule has 0 radical (unpaired) electrons. The van der Waals surface area contributed by atoms with E-state index in [4.69, 9.17) is 0 Å². The molecule has 1 aromatic carbocycles. The zero-order chi connectivity index (χ0) is 21.8. The first-order valence-corrected chi connectivity index (χ1v) is 11.7. The van der Waals surface area contributed by atoms with Crippen LogP contribution >= 0.6 is 0 Å². The molecule has 7 nitrogen and oxygen atoms in total. The van der Waals surface area contributed by atoms with E-state index in [9.17, 15) is 14.4 Å². The van der Waals surface area contributed by atoms with Gasteiger partial charge in [-0.1, -0.05) is 37.1 Å². The average Bonchev–Trinajstić information content (AvgIpc) is 3.21. The van der Waals surface area contributed by atoms with Crippen molar-refractivity contribution in [3.63, 3.8) is 0 Å². The number of carbonyl (C=O) groups excluding carboxylic acids is 3. The summed E-state index contributed by atoms with van der Waals surface area (Å²) in [7, 11) is 0. The van der Waals surface area contributed by atoms with Crippen molar-refractivity contribution in [3.8, 4) is 0 Å². The van der Waals surface area contributed by atoms with Gasteiger partial charge in [0.2, 0.25) is 5.91 Å². The molecule has 0 unspecified atom stereocenters. The maximum Gasteiger partial charge on any atom is 0.325 e. The molecule has 0 atom stereocenters. The lowest BCUT2D eigenvalue weighted by Gasteiger charge is -2.23. The number of rotatable bonds is 6. The number of amides is 4. The Hall–Kier alpha value is -2.41. The highest BCUT2D eigenvalue weighted by molar-refractivity contribution is 6.07. The fourth-order valence-electron chi connectivity index (χ4n) is 5.15. The summed E-state index contributed by atoms with van der Waals surface area (Å²) in [6, 6.07) is 8.17. The highest BCUT2D eigenvalue weighted by atomic mass is 16.2. The van der Waals surface area contributed by atoms with Crippen molar-refractivity contribution in [2.24, 2.45) is 0 Å². The number of aryl methyl sites for hydroxylation is 1. The minimum atomic E-state index is -0.660. The van der Waals surface area contributed by atoms with Crippen LogP contribution in [0.1, 0.15) is 56.1 Å². The fraction of sp³-hybridized carbons (Fsp3) is 0.625. The summed E-state index contributed by atoms with van der Waals surface area (Å²) in [4.78, 5) is 43.4. The Kier molecular flexibility index (Phi) is 6.60. The average molecular weight is 427 g/mol. The van der Waals surface area contributed by atoms with E-state index in [1.54, 1.807) is 0 Å². The minimum absolute atomic E-state index is 0.0935. The maximum absolute atomic E-state index is 12.8. The topological polar surface area (TPSA) is 73.0 Å². The van der Waals surface area contributed by atoms with Gasteiger partial charge in [0.1, 0.15) is 5.54 Å². The Morgan fingerprint density at radius 2 is 1.81 bits per heavy atom. The second-order valence-corrected chi connectivity index (χ2v) is 9.22. The summed E-state index contributed by atoms with van der Waals surface area (Å²) < 4.78 is 0. The van der Waals surface area contributed by atoms with Crippen molar-refractivity contribution >= 4 is 17.8 Å². The van der Waals surface area contributed by atoms with E-state index in [0.29, 0.717) is 19.4 Å². The van der Waals surface area contributed by atoms with Crippen LogP contribution < -0.4 is 5.32 Å². The third-order valence-electron chi connectivity index (χ3n) is 7.07. The lowest BCUT2D eigenvalue weighted by atomic mass is 9.98. The predicted octanol–water partition coefficient (Wildman–Crippen LogP) is 2.67. The lowest BCUT2D eigenvalue weighted by molar-refractivity contribution is -0.133. The Labute approximate surface area is 184 Å². The number of benzene rings is 1. The van der Waals surface area contributed by atoms with E-state index < -0.39 is 5.54 Å². The first-order valence-electron chi connectivity index (χ1n) is 11.7. The smallest absolute Gasteiger partial charge is 0.325 e. The summed E-state index contributed by atoms with van der Waals surface area (Å²) in [5.74, 6) is 0.0319. The van der Waals surface area contributed by atoms with E-state index in [-0.39, 0.29) is 17.8 Å². The molecule has 1 aromatic rings. The molecule has 31 heavy (non-hydrogen) atoms. The third-order valence-corrected chi connectivity index (χ3v) is 7.07. The normalized spacial score (nSPS) is 21.6. The lowest BCUT2D eigenvalue weighted by Crippen LogP contribution is -2.44. The van der Waals surface area contributed by atoms with Gasteiger partial charge in [0.05, 0.1) is 0 Å². The van der Waals surface area contributed by atoms with Crippen molar-refractivity contribution in [1.29, 1.82) is 0 Å². The van der Waals surface area contributed by atoms with E-state index in [2.05, 4.69) is 41.4 Å². The van der Waals surface area contributed by atoms with E-state index in [1.807, 2.05) is 4.90 Å². The number of carbonyl (C=O) groups is 3. The minimum Gasteiger partial charge on any atom is -0.341 e. The summed E-state index contributed by atoms with van der Waals surface area (Å²) in [5.41, 5.74) is 1.99. The van der Waals surface area contributed by atoms with Gasteiger partial charge in [-0.15, -0.1) is 0 Å². The summed E-state index contributed by atoms with van der Waals surface area (Å²) in [6.07, 6.45) is 5.30. The van der Waals surface area contributed by atoms with Crippen LogP contribution in [0, 0.1) is 6.92 Å². The van der Waals surface area contributed by atoms with Crippen LogP contribution in [0.2, 0.25) is 0 Å². The van der Waals surface area contributed by atoms with Crippen LogP contribution in [0.15, 0.2) is 24.3 Å². The summed E-state index contributed by atoms with van der Waals surface area (Å²) >= 11 is 0. The number of urea groups is 1. The van der Waals surface area contributed by atoms with Crippen LogP contribution in [0.5, 0.6) is 0 Å². The Morgan fingerprint density at radius 1 is 1.03 bits per heavy atom. The van der Waals surface area contributed by atoms with Gasteiger partial charge in [0.15, 0.2) is 0 Å².